The Morgan fingerprint density at radius 1 is 1.00 bits per heavy atom. The van der Waals surface area contributed by atoms with Crippen molar-refractivity contribution in [1.82, 2.24) is 4.98 Å². The van der Waals surface area contributed by atoms with Gasteiger partial charge in [0.1, 0.15) is 0 Å². The quantitative estimate of drug-likeness (QED) is 0.665. The van der Waals surface area contributed by atoms with Crippen LogP contribution >= 0.6 is 11.3 Å². The van der Waals surface area contributed by atoms with Crippen LogP contribution in [0.5, 0.6) is 11.5 Å². The van der Waals surface area contributed by atoms with Gasteiger partial charge in [-0.1, -0.05) is 12.1 Å². The van der Waals surface area contributed by atoms with Crippen molar-refractivity contribution in [2.24, 2.45) is 0 Å². The minimum atomic E-state index is -3.78. The lowest BCUT2D eigenvalue weighted by Crippen LogP contribution is -2.14. The second kappa shape index (κ2) is 7.58. The van der Waals surface area contributed by atoms with E-state index in [2.05, 4.69) is 9.71 Å². The van der Waals surface area contributed by atoms with Crippen LogP contribution in [-0.2, 0) is 10.0 Å². The van der Waals surface area contributed by atoms with Crippen LogP contribution in [0.2, 0.25) is 0 Å². The zero-order chi connectivity index (χ0) is 19.6. The highest BCUT2D eigenvalue weighted by molar-refractivity contribution is 7.92. The molecule has 1 heterocycles. The van der Waals surface area contributed by atoms with Crippen molar-refractivity contribution in [2.75, 3.05) is 18.9 Å². The Balaban J connectivity index is 1.97. The first-order valence-corrected chi connectivity index (χ1v) is 10.5. The lowest BCUT2D eigenvalue weighted by Gasteiger charge is -2.13. The summed E-state index contributed by atoms with van der Waals surface area (Å²) in [5.74, 6) is 0.971. The smallest absolute Gasteiger partial charge is 0.262 e. The molecule has 0 aliphatic heterocycles. The second-order valence-electron chi connectivity index (χ2n) is 5.91. The largest absolute Gasteiger partial charge is 0.493 e. The minimum absolute atomic E-state index is 0.209. The molecule has 0 amide bonds. The summed E-state index contributed by atoms with van der Waals surface area (Å²) < 4.78 is 38.9. The molecule has 27 heavy (non-hydrogen) atoms. The molecule has 3 rings (SSSR count). The molecule has 6 nitrogen and oxygen atoms in total. The number of hydrogen-bond acceptors (Lipinski definition) is 6. The van der Waals surface area contributed by atoms with E-state index in [-0.39, 0.29) is 4.90 Å². The van der Waals surface area contributed by atoms with Crippen molar-refractivity contribution < 1.29 is 17.9 Å². The molecule has 3 aromatic rings. The molecule has 142 valence electrons. The molecule has 1 N–H and O–H groups in total. The third-order valence-electron chi connectivity index (χ3n) is 4.03. The molecule has 0 aliphatic rings. The van der Waals surface area contributed by atoms with Crippen LogP contribution in [0.3, 0.4) is 0 Å². The zero-order valence-corrected chi connectivity index (χ0v) is 17.1. The van der Waals surface area contributed by atoms with Crippen LogP contribution in [0.15, 0.2) is 46.7 Å². The highest BCUT2D eigenvalue weighted by atomic mass is 32.2. The summed E-state index contributed by atoms with van der Waals surface area (Å²) in [5.41, 5.74) is 2.57. The summed E-state index contributed by atoms with van der Waals surface area (Å²) in [7, 11) is -0.759. The molecule has 0 fully saturated rings. The molecule has 8 heteroatoms. The van der Waals surface area contributed by atoms with Gasteiger partial charge in [0.25, 0.3) is 10.0 Å². The van der Waals surface area contributed by atoms with Crippen LogP contribution in [0.4, 0.5) is 5.69 Å². The standard InChI is InChI=1S/C19H20N2O4S2/c1-12-5-6-14(16-11-26-13(2)20-16)9-19(12)27(22,23)21-15-7-8-17(24-3)18(10-15)25-4/h5-11,21H,1-4H3. The van der Waals surface area contributed by atoms with E-state index in [4.69, 9.17) is 9.47 Å². The van der Waals surface area contributed by atoms with Crippen molar-refractivity contribution in [1.29, 1.82) is 0 Å². The number of nitrogens with zero attached hydrogens (tertiary/aromatic N) is 1. The predicted molar refractivity (Wildman–Crippen MR) is 107 cm³/mol. The van der Waals surface area contributed by atoms with Gasteiger partial charge in [-0.15, -0.1) is 11.3 Å². The summed E-state index contributed by atoms with van der Waals surface area (Å²) in [6.07, 6.45) is 0. The molecule has 0 aliphatic carbocycles. The van der Waals surface area contributed by atoms with Crippen LogP contribution in [0.25, 0.3) is 11.3 Å². The Hall–Kier alpha value is -2.58. The number of aromatic nitrogens is 1. The molecule has 0 atom stereocenters. The summed E-state index contributed by atoms with van der Waals surface area (Å²) in [6.45, 7) is 3.68. The van der Waals surface area contributed by atoms with Crippen molar-refractivity contribution in [3.8, 4) is 22.8 Å². The number of hydrogen-bond donors (Lipinski definition) is 1. The average Bonchev–Trinajstić information content (AvgIpc) is 3.07. The van der Waals surface area contributed by atoms with E-state index in [1.54, 1.807) is 37.3 Å². The fraction of sp³-hybridized carbons (Fsp3) is 0.211. The Morgan fingerprint density at radius 2 is 1.74 bits per heavy atom. The number of benzene rings is 2. The van der Waals surface area contributed by atoms with Gasteiger partial charge in [-0.05, 0) is 37.6 Å². The van der Waals surface area contributed by atoms with Crippen molar-refractivity contribution in [3.05, 3.63) is 52.3 Å². The molecule has 0 saturated carbocycles. The lowest BCUT2D eigenvalue weighted by atomic mass is 10.1. The number of methoxy groups -OCH3 is 2. The highest BCUT2D eigenvalue weighted by Gasteiger charge is 2.19. The number of thiazole rings is 1. The highest BCUT2D eigenvalue weighted by Crippen LogP contribution is 2.32. The van der Waals surface area contributed by atoms with Crippen molar-refractivity contribution in [2.45, 2.75) is 18.7 Å². The monoisotopic (exact) mass is 404 g/mol. The van der Waals surface area contributed by atoms with Crippen LogP contribution in [-0.4, -0.2) is 27.6 Å². The average molecular weight is 405 g/mol. The van der Waals surface area contributed by atoms with Gasteiger partial charge in [0.15, 0.2) is 11.5 Å². The minimum Gasteiger partial charge on any atom is -0.493 e. The van der Waals surface area contributed by atoms with Crippen LogP contribution < -0.4 is 14.2 Å². The van der Waals surface area contributed by atoms with Crippen LogP contribution in [0.1, 0.15) is 10.6 Å². The normalized spacial score (nSPS) is 11.3. The Morgan fingerprint density at radius 3 is 2.37 bits per heavy atom. The third kappa shape index (κ3) is 4.06. The maximum Gasteiger partial charge on any atom is 0.262 e. The number of aryl methyl sites for hydroxylation is 2. The fourth-order valence-corrected chi connectivity index (χ4v) is 4.60. The molecule has 1 aromatic heterocycles. The van der Waals surface area contributed by atoms with Gasteiger partial charge in [-0.3, -0.25) is 4.72 Å². The molecule has 2 aromatic carbocycles. The van der Waals surface area contributed by atoms with E-state index < -0.39 is 10.0 Å². The van der Waals surface area contributed by atoms with Gasteiger partial charge in [0, 0.05) is 17.0 Å². The van der Waals surface area contributed by atoms with E-state index in [0.29, 0.717) is 22.7 Å². The van der Waals surface area contributed by atoms with Gasteiger partial charge >= 0.3 is 0 Å². The van der Waals surface area contributed by atoms with Gasteiger partial charge < -0.3 is 9.47 Å². The number of ether oxygens (including phenoxy) is 2. The molecule has 0 unspecified atom stereocenters. The SMILES string of the molecule is COc1ccc(NS(=O)(=O)c2cc(-c3csc(C)n3)ccc2C)cc1OC. The van der Waals surface area contributed by atoms with E-state index in [9.17, 15) is 8.42 Å². The van der Waals surface area contributed by atoms with Crippen molar-refractivity contribution in [3.63, 3.8) is 0 Å². The number of anilines is 1. The summed E-state index contributed by atoms with van der Waals surface area (Å²) in [5, 5.41) is 2.84. The summed E-state index contributed by atoms with van der Waals surface area (Å²) in [6, 6.07) is 10.2. The molecule has 0 saturated heterocycles. The second-order valence-corrected chi connectivity index (χ2v) is 8.62. The van der Waals surface area contributed by atoms with E-state index >= 15 is 0 Å². The van der Waals surface area contributed by atoms with E-state index in [1.165, 1.54) is 25.6 Å². The Labute approximate surface area is 162 Å². The first-order valence-electron chi connectivity index (χ1n) is 8.12. The number of nitrogens with one attached hydrogen (secondary N) is 1. The summed E-state index contributed by atoms with van der Waals surface area (Å²) >= 11 is 1.53. The van der Waals surface area contributed by atoms with Crippen LogP contribution in [0, 0.1) is 13.8 Å². The molecule has 0 radical (unpaired) electrons. The van der Waals surface area contributed by atoms with Gasteiger partial charge in [-0.2, -0.15) is 0 Å². The van der Waals surface area contributed by atoms with E-state index in [1.807, 2.05) is 18.4 Å². The van der Waals surface area contributed by atoms with Gasteiger partial charge in [0.2, 0.25) is 0 Å². The first-order chi connectivity index (χ1) is 12.8. The topological polar surface area (TPSA) is 77.5 Å². The predicted octanol–water partition coefficient (Wildman–Crippen LogP) is 4.24. The molecular weight excluding hydrogens is 384 g/mol. The third-order valence-corrected chi connectivity index (χ3v) is 6.32. The molecule has 0 bridgehead atoms. The van der Waals surface area contributed by atoms with Gasteiger partial charge in [-0.25, -0.2) is 13.4 Å². The van der Waals surface area contributed by atoms with Crippen molar-refractivity contribution >= 4 is 27.0 Å². The lowest BCUT2D eigenvalue weighted by molar-refractivity contribution is 0.355. The maximum absolute atomic E-state index is 13.0. The number of sulfonamides is 1. The molecule has 0 spiro atoms. The first kappa shape index (κ1) is 19.2. The zero-order valence-electron chi connectivity index (χ0n) is 15.4. The Kier molecular flexibility index (Phi) is 5.38. The fourth-order valence-electron chi connectivity index (χ4n) is 2.65. The van der Waals surface area contributed by atoms with Gasteiger partial charge in [0.05, 0.1) is 35.5 Å². The molecular formula is C19H20N2O4S2. The van der Waals surface area contributed by atoms with E-state index in [0.717, 1.165) is 16.3 Å². The number of rotatable bonds is 6. The summed E-state index contributed by atoms with van der Waals surface area (Å²) in [4.78, 5) is 4.64. The Bertz CT molecular complexity index is 1080. The maximum atomic E-state index is 13.0.